The van der Waals surface area contributed by atoms with Crippen LogP contribution in [-0.4, -0.2) is 28.2 Å². The van der Waals surface area contributed by atoms with Crippen LogP contribution in [0.2, 0.25) is 0 Å². The predicted molar refractivity (Wildman–Crippen MR) is 197 cm³/mol. The number of phenols is 1. The molecule has 0 aromatic heterocycles. The number of aliphatic hydroxyl groups is 1. The van der Waals surface area contributed by atoms with Crippen LogP contribution in [0.5, 0.6) is 5.75 Å². The monoisotopic (exact) mass is 619 g/mol. The second-order valence-corrected chi connectivity index (χ2v) is 13.2. The first-order valence-electron chi connectivity index (χ1n) is 17.8. The van der Waals surface area contributed by atoms with Gasteiger partial charge in [0.05, 0.1) is 11.2 Å². The lowest BCUT2D eigenvalue weighted by atomic mass is 9.66. The van der Waals surface area contributed by atoms with Gasteiger partial charge in [0.15, 0.2) is 0 Å². The molecule has 0 saturated carbocycles. The fraction of sp³-hybridized carbons (Fsp3) is 0.442. The van der Waals surface area contributed by atoms with Crippen LogP contribution >= 0.6 is 0 Å². The van der Waals surface area contributed by atoms with E-state index in [1.165, 1.54) is 73.6 Å². The van der Waals surface area contributed by atoms with E-state index < -0.39 is 5.41 Å². The third kappa shape index (κ3) is 7.05. The highest BCUT2D eigenvalue weighted by Crippen LogP contribution is 2.57. The van der Waals surface area contributed by atoms with Gasteiger partial charge in [-0.2, -0.15) is 0 Å². The molecule has 0 amide bonds. The molecule has 0 heterocycles. The first-order chi connectivity index (χ1) is 22.3. The van der Waals surface area contributed by atoms with E-state index in [-0.39, 0.29) is 11.3 Å². The molecule has 0 spiro atoms. The number of hydrogen-bond acceptors (Lipinski definition) is 3. The first kappa shape index (κ1) is 35.3. The molecule has 1 aliphatic carbocycles. The molecule has 46 heavy (non-hydrogen) atoms. The van der Waals surface area contributed by atoms with Crippen LogP contribution in [-0.2, 0) is 11.0 Å². The smallest absolute Gasteiger partial charge is 0.120 e. The van der Waals surface area contributed by atoms with Crippen LogP contribution in [0.1, 0.15) is 121 Å². The van der Waals surface area contributed by atoms with Crippen molar-refractivity contribution < 1.29 is 10.2 Å². The van der Waals surface area contributed by atoms with E-state index >= 15 is 0 Å². The van der Waals surface area contributed by atoms with Crippen LogP contribution in [0.15, 0.2) is 103 Å². The number of rotatable bonds is 18. The maximum Gasteiger partial charge on any atom is 0.120 e. The fourth-order valence-corrected chi connectivity index (χ4v) is 7.95. The molecule has 3 aromatic rings. The van der Waals surface area contributed by atoms with Crippen LogP contribution in [0.3, 0.4) is 0 Å². The third-order valence-corrected chi connectivity index (χ3v) is 10.3. The zero-order valence-corrected chi connectivity index (χ0v) is 29.1. The molecule has 0 saturated heterocycles. The van der Waals surface area contributed by atoms with Crippen molar-refractivity contribution in [1.82, 2.24) is 4.90 Å². The minimum atomic E-state index is -0.661. The predicted octanol–water partition coefficient (Wildman–Crippen LogP) is 11.8. The SMILES string of the molecule is C=C/C(=C\C=C(/C)O)C1(c2ccc(O)c(C(C)(CCCCCCCCCCC)N(CC)CC)c2)c2ccccc2-c2ccccc21. The van der Waals surface area contributed by atoms with Crippen molar-refractivity contribution in [2.75, 3.05) is 13.1 Å². The molecule has 0 radical (unpaired) electrons. The second-order valence-electron chi connectivity index (χ2n) is 13.2. The Morgan fingerprint density at radius 2 is 1.33 bits per heavy atom. The van der Waals surface area contributed by atoms with E-state index in [0.717, 1.165) is 42.6 Å². The molecule has 3 nitrogen and oxygen atoms in total. The van der Waals surface area contributed by atoms with Gasteiger partial charge in [0, 0.05) is 11.1 Å². The van der Waals surface area contributed by atoms with Gasteiger partial charge in [-0.3, -0.25) is 4.90 Å². The van der Waals surface area contributed by atoms with Crippen molar-refractivity contribution in [3.05, 3.63) is 125 Å². The van der Waals surface area contributed by atoms with E-state index in [4.69, 9.17) is 0 Å². The van der Waals surface area contributed by atoms with Gasteiger partial charge < -0.3 is 10.2 Å². The standard InChI is InChI=1S/C43H57NO2/c1-7-11-12-13-14-15-16-17-22-31-42(6,44(9-3)10-4)40-32-35(29-30-41(40)46)43(34(8-2)28-27-33(5)45)38-25-20-18-23-36(38)37-24-19-21-26-39(37)43/h8,18-21,23-30,32,45-46H,2,7,9-17,22,31H2,1,3-6H3/b33-27+,34-28+. The van der Waals surface area contributed by atoms with Gasteiger partial charge in [0.2, 0.25) is 0 Å². The van der Waals surface area contributed by atoms with Gasteiger partial charge in [-0.05, 0) is 85.0 Å². The summed E-state index contributed by atoms with van der Waals surface area (Å²) in [6.45, 7) is 16.9. The number of aliphatic hydroxyl groups excluding tert-OH is 1. The number of allylic oxidation sites excluding steroid dienone is 5. The molecule has 3 heteroatoms. The number of nitrogens with zero attached hydrogens (tertiary/aromatic N) is 1. The Morgan fingerprint density at radius 3 is 1.85 bits per heavy atom. The number of aromatic hydroxyl groups is 1. The van der Waals surface area contributed by atoms with Gasteiger partial charge in [0.1, 0.15) is 5.75 Å². The van der Waals surface area contributed by atoms with E-state index in [1.807, 2.05) is 18.2 Å². The minimum absolute atomic E-state index is 0.246. The maximum atomic E-state index is 11.6. The molecule has 0 aliphatic heterocycles. The normalized spacial score (nSPS) is 15.4. The van der Waals surface area contributed by atoms with Gasteiger partial charge >= 0.3 is 0 Å². The highest BCUT2D eigenvalue weighted by molar-refractivity contribution is 5.86. The van der Waals surface area contributed by atoms with Crippen molar-refractivity contribution in [2.45, 2.75) is 110 Å². The largest absolute Gasteiger partial charge is 0.513 e. The Morgan fingerprint density at radius 1 is 0.783 bits per heavy atom. The van der Waals surface area contributed by atoms with Crippen LogP contribution in [0.4, 0.5) is 0 Å². The summed E-state index contributed by atoms with van der Waals surface area (Å²) >= 11 is 0. The highest BCUT2D eigenvalue weighted by atomic mass is 16.3. The highest BCUT2D eigenvalue weighted by Gasteiger charge is 2.47. The van der Waals surface area contributed by atoms with Crippen LogP contribution in [0.25, 0.3) is 11.1 Å². The Labute approximate surface area is 279 Å². The number of unbranched alkanes of at least 4 members (excludes halogenated alkanes) is 8. The fourth-order valence-electron chi connectivity index (χ4n) is 7.95. The Kier molecular flexibility index (Phi) is 12.5. The number of hydrogen-bond donors (Lipinski definition) is 2. The third-order valence-electron chi connectivity index (χ3n) is 10.3. The zero-order chi connectivity index (χ0) is 33.2. The average Bonchev–Trinajstić information content (AvgIpc) is 3.36. The summed E-state index contributed by atoms with van der Waals surface area (Å²) in [7, 11) is 0. The lowest BCUT2D eigenvalue weighted by Crippen LogP contribution is -2.44. The summed E-state index contributed by atoms with van der Waals surface area (Å²) in [4.78, 5) is 2.52. The molecule has 3 aromatic carbocycles. The number of benzene rings is 3. The van der Waals surface area contributed by atoms with Crippen molar-refractivity contribution in [3.8, 4) is 16.9 Å². The molecule has 0 fully saturated rings. The zero-order valence-electron chi connectivity index (χ0n) is 29.1. The van der Waals surface area contributed by atoms with Gasteiger partial charge in [-0.1, -0.05) is 152 Å². The summed E-state index contributed by atoms with van der Waals surface area (Å²) in [5, 5.41) is 21.9. The molecule has 1 aliphatic rings. The Bertz CT molecular complexity index is 1460. The van der Waals surface area contributed by atoms with Gasteiger partial charge in [0.25, 0.3) is 0 Å². The van der Waals surface area contributed by atoms with Crippen molar-refractivity contribution in [2.24, 2.45) is 0 Å². The van der Waals surface area contributed by atoms with E-state index in [0.29, 0.717) is 5.75 Å². The lowest BCUT2D eigenvalue weighted by molar-refractivity contribution is 0.0994. The molecule has 2 N–H and O–H groups in total. The van der Waals surface area contributed by atoms with Crippen molar-refractivity contribution >= 4 is 0 Å². The van der Waals surface area contributed by atoms with Crippen molar-refractivity contribution in [1.29, 1.82) is 0 Å². The lowest BCUT2D eigenvalue weighted by Gasteiger charge is -2.43. The van der Waals surface area contributed by atoms with Gasteiger partial charge in [-0.15, -0.1) is 0 Å². The summed E-state index contributed by atoms with van der Waals surface area (Å²) in [5.74, 6) is 0.592. The topological polar surface area (TPSA) is 43.7 Å². The molecule has 1 atom stereocenters. The van der Waals surface area contributed by atoms with Crippen LogP contribution in [0, 0.1) is 0 Å². The molecular weight excluding hydrogens is 562 g/mol. The average molecular weight is 620 g/mol. The number of phenolic OH excluding ortho intramolecular Hbond substituents is 1. The quantitative estimate of drug-likeness (QED) is 0.0846. The van der Waals surface area contributed by atoms with Crippen LogP contribution < -0.4 is 0 Å². The Balaban J connectivity index is 1.83. The van der Waals surface area contributed by atoms with E-state index in [2.05, 4.69) is 99.8 Å². The number of fused-ring (bicyclic) bond motifs is 3. The summed E-state index contributed by atoms with van der Waals surface area (Å²) < 4.78 is 0. The van der Waals surface area contributed by atoms with Crippen molar-refractivity contribution in [3.63, 3.8) is 0 Å². The summed E-state index contributed by atoms with van der Waals surface area (Å²) in [6.07, 6.45) is 18.3. The molecule has 1 unspecified atom stereocenters. The molecule has 4 rings (SSSR count). The second kappa shape index (κ2) is 16.3. The minimum Gasteiger partial charge on any atom is -0.513 e. The van der Waals surface area contributed by atoms with E-state index in [9.17, 15) is 10.2 Å². The van der Waals surface area contributed by atoms with E-state index in [1.54, 1.807) is 13.0 Å². The molecular formula is C43H57NO2. The maximum absolute atomic E-state index is 11.6. The Hall–Kier alpha value is -3.56. The summed E-state index contributed by atoms with van der Waals surface area (Å²) in [5.41, 5.74) is 6.84. The summed E-state index contributed by atoms with van der Waals surface area (Å²) in [6, 6.07) is 23.5. The van der Waals surface area contributed by atoms with Gasteiger partial charge in [-0.25, -0.2) is 0 Å². The molecule has 0 bridgehead atoms. The first-order valence-corrected chi connectivity index (χ1v) is 17.8. The molecule has 246 valence electrons.